The van der Waals surface area contributed by atoms with Crippen LogP contribution < -0.4 is 11.1 Å². The van der Waals surface area contributed by atoms with Crippen LogP contribution in [0.25, 0.3) is 0 Å². The normalized spacial score (nSPS) is 23.9. The fraction of sp³-hybridized carbons (Fsp3) is 0.923. The zero-order chi connectivity index (χ0) is 13.0. The lowest BCUT2D eigenvalue weighted by Gasteiger charge is -2.32. The largest absolute Gasteiger partial charge is 0.385 e. The van der Waals surface area contributed by atoms with Gasteiger partial charge in [0.2, 0.25) is 5.91 Å². The molecule has 1 aliphatic heterocycles. The molecule has 1 saturated carbocycles. The molecule has 0 aromatic rings. The lowest BCUT2D eigenvalue weighted by molar-refractivity contribution is -0.123. The van der Waals surface area contributed by atoms with E-state index in [-0.39, 0.29) is 5.91 Å². The number of piperidine rings is 1. The molecule has 2 aliphatic rings. The predicted molar refractivity (Wildman–Crippen MR) is 70.2 cm³/mol. The maximum Gasteiger partial charge on any atom is 0.237 e. The van der Waals surface area contributed by atoms with Crippen molar-refractivity contribution in [3.63, 3.8) is 0 Å². The van der Waals surface area contributed by atoms with Gasteiger partial charge in [0.15, 0.2) is 0 Å². The Morgan fingerprint density at radius 2 is 2.06 bits per heavy atom. The van der Waals surface area contributed by atoms with E-state index in [1.54, 1.807) is 7.11 Å². The van der Waals surface area contributed by atoms with E-state index >= 15 is 0 Å². The summed E-state index contributed by atoms with van der Waals surface area (Å²) in [5.74, 6) is -0.0306. The number of carbonyl (C=O) groups is 1. The van der Waals surface area contributed by atoms with Crippen LogP contribution in [-0.2, 0) is 9.53 Å². The number of nitrogens with two attached hydrogens (primary N) is 1. The first-order valence-corrected chi connectivity index (χ1v) is 6.99. The third kappa shape index (κ3) is 3.93. The lowest BCUT2D eigenvalue weighted by atomic mass is 10.0. The second-order valence-corrected chi connectivity index (χ2v) is 5.44. The van der Waals surface area contributed by atoms with E-state index < -0.39 is 6.04 Å². The Kier molecular flexibility index (Phi) is 4.97. The van der Waals surface area contributed by atoms with Crippen LogP contribution in [0.2, 0.25) is 0 Å². The third-order valence-corrected chi connectivity index (χ3v) is 3.91. The molecule has 0 spiro atoms. The Morgan fingerprint density at radius 1 is 1.39 bits per heavy atom. The molecule has 5 nitrogen and oxygen atoms in total. The minimum Gasteiger partial charge on any atom is -0.385 e. The summed E-state index contributed by atoms with van der Waals surface area (Å²) in [6.07, 6.45) is 5.42. The highest BCUT2D eigenvalue weighted by atomic mass is 16.5. The van der Waals surface area contributed by atoms with E-state index in [0.717, 1.165) is 32.0 Å². The highest BCUT2D eigenvalue weighted by Crippen LogP contribution is 2.29. The van der Waals surface area contributed by atoms with Gasteiger partial charge >= 0.3 is 0 Å². The van der Waals surface area contributed by atoms with Crippen molar-refractivity contribution in [2.45, 2.75) is 50.2 Å². The fourth-order valence-corrected chi connectivity index (χ4v) is 2.53. The van der Waals surface area contributed by atoms with E-state index in [4.69, 9.17) is 10.5 Å². The van der Waals surface area contributed by atoms with Crippen LogP contribution >= 0.6 is 0 Å². The van der Waals surface area contributed by atoms with Crippen LogP contribution in [0.1, 0.15) is 32.1 Å². The lowest BCUT2D eigenvalue weighted by Crippen LogP contribution is -2.50. The molecule has 0 bridgehead atoms. The predicted octanol–water partition coefficient (Wildman–Crippen LogP) is 0.0932. The number of methoxy groups -OCH3 is 1. The summed E-state index contributed by atoms with van der Waals surface area (Å²) in [5.41, 5.74) is 5.80. The van der Waals surface area contributed by atoms with Gasteiger partial charge < -0.3 is 20.7 Å². The first-order chi connectivity index (χ1) is 8.70. The van der Waals surface area contributed by atoms with Crippen LogP contribution in [0.3, 0.4) is 0 Å². The topological polar surface area (TPSA) is 67.6 Å². The van der Waals surface area contributed by atoms with Gasteiger partial charge in [-0.3, -0.25) is 4.79 Å². The number of nitrogens with zero attached hydrogens (tertiary/aromatic N) is 1. The number of carbonyl (C=O) groups excluding carboxylic acids is 1. The summed E-state index contributed by atoms with van der Waals surface area (Å²) in [6, 6.07) is 0.707. The molecule has 5 heteroatoms. The van der Waals surface area contributed by atoms with Crippen molar-refractivity contribution in [1.82, 2.24) is 10.2 Å². The van der Waals surface area contributed by atoms with Crippen molar-refractivity contribution in [2.75, 3.05) is 26.8 Å². The number of hydrogen-bond donors (Lipinski definition) is 2. The maximum atomic E-state index is 11.8. The van der Waals surface area contributed by atoms with Gasteiger partial charge in [-0.15, -0.1) is 0 Å². The molecule has 0 aromatic heterocycles. The minimum atomic E-state index is -0.439. The molecule has 1 saturated heterocycles. The van der Waals surface area contributed by atoms with Crippen molar-refractivity contribution in [3.8, 4) is 0 Å². The van der Waals surface area contributed by atoms with Crippen molar-refractivity contribution >= 4 is 5.91 Å². The van der Waals surface area contributed by atoms with Crippen molar-refractivity contribution in [3.05, 3.63) is 0 Å². The Labute approximate surface area is 109 Å². The van der Waals surface area contributed by atoms with E-state index in [9.17, 15) is 4.79 Å². The summed E-state index contributed by atoms with van der Waals surface area (Å²) >= 11 is 0. The average Bonchev–Trinajstić information content (AvgIpc) is 3.21. The van der Waals surface area contributed by atoms with Crippen molar-refractivity contribution in [1.29, 1.82) is 0 Å². The molecular formula is C13H25N3O2. The monoisotopic (exact) mass is 255 g/mol. The van der Waals surface area contributed by atoms with Crippen molar-refractivity contribution in [2.24, 2.45) is 5.73 Å². The highest BCUT2D eigenvalue weighted by molar-refractivity contribution is 5.81. The molecule has 104 valence electrons. The van der Waals surface area contributed by atoms with E-state index in [0.29, 0.717) is 19.1 Å². The smallest absolute Gasteiger partial charge is 0.237 e. The molecule has 2 fully saturated rings. The van der Waals surface area contributed by atoms with Crippen LogP contribution in [0, 0.1) is 0 Å². The standard InChI is InChI=1S/C13H25N3O2/c1-18-9-6-12(14)13(17)15-10-4-7-16(8-5-10)11-2-3-11/h10-12H,2-9,14H2,1H3,(H,15,17). The molecule has 0 aromatic carbocycles. The number of amides is 1. The highest BCUT2D eigenvalue weighted by Gasteiger charge is 2.32. The number of likely N-dealkylation sites (tertiary alicyclic amines) is 1. The zero-order valence-electron chi connectivity index (χ0n) is 11.2. The first kappa shape index (κ1) is 13.8. The third-order valence-electron chi connectivity index (χ3n) is 3.91. The molecule has 18 heavy (non-hydrogen) atoms. The zero-order valence-corrected chi connectivity index (χ0v) is 11.2. The van der Waals surface area contributed by atoms with Gasteiger partial charge in [-0.25, -0.2) is 0 Å². The summed E-state index contributed by atoms with van der Waals surface area (Å²) in [7, 11) is 1.62. The number of hydrogen-bond acceptors (Lipinski definition) is 4. The molecule has 1 heterocycles. The molecule has 1 aliphatic carbocycles. The summed E-state index contributed by atoms with van der Waals surface area (Å²) in [4.78, 5) is 14.4. The number of ether oxygens (including phenoxy) is 1. The second kappa shape index (κ2) is 6.50. The van der Waals surface area contributed by atoms with Gasteiger partial charge in [0.05, 0.1) is 6.04 Å². The van der Waals surface area contributed by atoms with Gasteiger partial charge in [-0.1, -0.05) is 0 Å². The quantitative estimate of drug-likeness (QED) is 0.706. The van der Waals surface area contributed by atoms with Crippen LogP contribution in [0.5, 0.6) is 0 Å². The van der Waals surface area contributed by atoms with Gasteiger partial charge in [-0.2, -0.15) is 0 Å². The Bertz CT molecular complexity index is 273. The van der Waals surface area contributed by atoms with Gasteiger partial charge in [-0.05, 0) is 32.1 Å². The van der Waals surface area contributed by atoms with Gasteiger partial charge in [0, 0.05) is 38.9 Å². The van der Waals surface area contributed by atoms with E-state index in [1.165, 1.54) is 12.8 Å². The first-order valence-electron chi connectivity index (χ1n) is 6.99. The minimum absolute atomic E-state index is 0.0306. The van der Waals surface area contributed by atoms with Crippen LogP contribution in [0.15, 0.2) is 0 Å². The Morgan fingerprint density at radius 3 is 2.61 bits per heavy atom. The second-order valence-electron chi connectivity index (χ2n) is 5.44. The Hall–Kier alpha value is -0.650. The van der Waals surface area contributed by atoms with E-state index in [2.05, 4.69) is 10.2 Å². The molecule has 1 amide bonds. The SMILES string of the molecule is COCCC(N)C(=O)NC1CCN(C2CC2)CC1. The molecule has 1 unspecified atom stereocenters. The number of rotatable bonds is 6. The van der Waals surface area contributed by atoms with Gasteiger partial charge in [0.25, 0.3) is 0 Å². The van der Waals surface area contributed by atoms with Crippen molar-refractivity contribution < 1.29 is 9.53 Å². The fourth-order valence-electron chi connectivity index (χ4n) is 2.53. The molecule has 1 atom stereocenters. The molecule has 0 radical (unpaired) electrons. The summed E-state index contributed by atoms with van der Waals surface area (Å²) in [6.45, 7) is 2.76. The average molecular weight is 255 g/mol. The van der Waals surface area contributed by atoms with Gasteiger partial charge in [0.1, 0.15) is 0 Å². The van der Waals surface area contributed by atoms with Crippen LogP contribution in [-0.4, -0.2) is 55.7 Å². The number of nitrogens with one attached hydrogen (secondary N) is 1. The maximum absolute atomic E-state index is 11.8. The molecule has 3 N–H and O–H groups in total. The van der Waals surface area contributed by atoms with Crippen LogP contribution in [0.4, 0.5) is 0 Å². The molecular weight excluding hydrogens is 230 g/mol. The summed E-state index contributed by atoms with van der Waals surface area (Å²) in [5, 5.41) is 3.06. The summed E-state index contributed by atoms with van der Waals surface area (Å²) < 4.78 is 4.93. The molecule has 2 rings (SSSR count). The van der Waals surface area contributed by atoms with E-state index in [1.807, 2.05) is 0 Å². The Balaban J connectivity index is 1.65.